The van der Waals surface area contributed by atoms with Gasteiger partial charge in [0.15, 0.2) is 0 Å². The predicted octanol–water partition coefficient (Wildman–Crippen LogP) is 5.71. The fourth-order valence-corrected chi connectivity index (χ4v) is 3.83. The van der Waals surface area contributed by atoms with Crippen LogP contribution in [0.4, 0.5) is 16.2 Å². The molecule has 0 spiro atoms. The maximum absolute atomic E-state index is 13.9. The normalized spacial score (nSPS) is 19.1. The SMILES string of the molecule is CC(C)(C)C[C@]1(Nc2ccccc2)C(=O)N(C(=O)OC(C)(C)C)c2ccccc21. The number of rotatable bonds is 3. The van der Waals surface area contributed by atoms with Gasteiger partial charge in [-0.2, -0.15) is 0 Å². The summed E-state index contributed by atoms with van der Waals surface area (Å²) in [4.78, 5) is 28.0. The van der Waals surface area contributed by atoms with Crippen LogP contribution in [0.3, 0.4) is 0 Å². The van der Waals surface area contributed by atoms with Crippen molar-refractivity contribution >= 4 is 23.4 Å². The molecule has 3 rings (SSSR count). The minimum absolute atomic E-state index is 0.172. The van der Waals surface area contributed by atoms with Crippen molar-refractivity contribution in [3.8, 4) is 0 Å². The van der Waals surface area contributed by atoms with E-state index in [0.717, 1.165) is 11.3 Å². The first-order chi connectivity index (χ1) is 13.4. The van der Waals surface area contributed by atoms with Gasteiger partial charge < -0.3 is 10.1 Å². The highest BCUT2D eigenvalue weighted by Gasteiger charge is 2.55. The van der Waals surface area contributed by atoms with Gasteiger partial charge in [-0.15, -0.1) is 0 Å². The Balaban J connectivity index is 2.15. The number of imide groups is 1. The van der Waals surface area contributed by atoms with Crippen LogP contribution >= 0.6 is 0 Å². The molecule has 2 amide bonds. The zero-order valence-electron chi connectivity index (χ0n) is 18.1. The summed E-state index contributed by atoms with van der Waals surface area (Å²) in [6.45, 7) is 11.7. The quantitative estimate of drug-likeness (QED) is 0.724. The third-order valence-electron chi connectivity index (χ3n) is 4.68. The first-order valence-electron chi connectivity index (χ1n) is 9.93. The molecule has 0 bridgehead atoms. The van der Waals surface area contributed by atoms with Gasteiger partial charge in [0.05, 0.1) is 5.69 Å². The van der Waals surface area contributed by atoms with Gasteiger partial charge >= 0.3 is 6.09 Å². The topological polar surface area (TPSA) is 58.6 Å². The Kier molecular flexibility index (Phi) is 5.20. The fourth-order valence-electron chi connectivity index (χ4n) is 3.83. The molecule has 1 aliphatic heterocycles. The number of ether oxygens (including phenoxy) is 1. The zero-order valence-corrected chi connectivity index (χ0v) is 18.1. The smallest absolute Gasteiger partial charge is 0.421 e. The molecule has 29 heavy (non-hydrogen) atoms. The average molecular weight is 395 g/mol. The lowest BCUT2D eigenvalue weighted by Crippen LogP contribution is -2.50. The lowest BCUT2D eigenvalue weighted by atomic mass is 9.76. The molecule has 1 atom stereocenters. The highest BCUT2D eigenvalue weighted by atomic mass is 16.6. The number of nitrogens with one attached hydrogen (secondary N) is 1. The first kappa shape index (κ1) is 20.9. The molecular formula is C24H30N2O3. The molecule has 0 aromatic heterocycles. The second-order valence-corrected chi connectivity index (χ2v) is 9.77. The molecule has 0 saturated carbocycles. The molecule has 1 N–H and O–H groups in total. The summed E-state index contributed by atoms with van der Waals surface area (Å²) in [7, 11) is 0. The van der Waals surface area contributed by atoms with E-state index in [1.165, 1.54) is 4.90 Å². The largest absolute Gasteiger partial charge is 0.443 e. The van der Waals surface area contributed by atoms with Gasteiger partial charge in [0.25, 0.3) is 5.91 Å². The number of benzene rings is 2. The Hall–Kier alpha value is -2.82. The summed E-state index contributed by atoms with van der Waals surface area (Å²) < 4.78 is 5.56. The lowest BCUT2D eigenvalue weighted by Gasteiger charge is -2.36. The second-order valence-electron chi connectivity index (χ2n) is 9.77. The number of nitrogens with zero attached hydrogens (tertiary/aromatic N) is 1. The minimum atomic E-state index is -1.06. The van der Waals surface area contributed by atoms with E-state index >= 15 is 0 Å². The molecule has 0 aliphatic carbocycles. The number of anilines is 2. The van der Waals surface area contributed by atoms with E-state index in [-0.39, 0.29) is 11.3 Å². The lowest BCUT2D eigenvalue weighted by molar-refractivity contribution is -0.123. The molecule has 2 aromatic carbocycles. The van der Waals surface area contributed by atoms with Crippen LogP contribution in [0.1, 0.15) is 53.5 Å². The van der Waals surface area contributed by atoms with E-state index in [0.29, 0.717) is 12.1 Å². The first-order valence-corrected chi connectivity index (χ1v) is 9.93. The van der Waals surface area contributed by atoms with Crippen LogP contribution in [0, 0.1) is 5.41 Å². The van der Waals surface area contributed by atoms with E-state index < -0.39 is 17.2 Å². The van der Waals surface area contributed by atoms with Crippen LogP contribution in [0.25, 0.3) is 0 Å². The van der Waals surface area contributed by atoms with Crippen molar-refractivity contribution in [2.75, 3.05) is 10.2 Å². The fraction of sp³-hybridized carbons (Fsp3) is 0.417. The maximum Gasteiger partial charge on any atom is 0.421 e. The van der Waals surface area contributed by atoms with Gasteiger partial charge in [0.2, 0.25) is 0 Å². The summed E-state index contributed by atoms with van der Waals surface area (Å²) >= 11 is 0. The highest BCUT2D eigenvalue weighted by Crippen LogP contribution is 2.48. The second kappa shape index (κ2) is 7.21. The van der Waals surface area contributed by atoms with Crippen LogP contribution < -0.4 is 10.2 Å². The number of amides is 2. The molecule has 1 aliphatic rings. The van der Waals surface area contributed by atoms with E-state index in [9.17, 15) is 9.59 Å². The summed E-state index contributed by atoms with van der Waals surface area (Å²) in [6, 6.07) is 17.1. The Morgan fingerprint density at radius 3 is 2.14 bits per heavy atom. The van der Waals surface area contributed by atoms with Crippen LogP contribution in [-0.2, 0) is 15.1 Å². The summed E-state index contributed by atoms with van der Waals surface area (Å²) in [5.74, 6) is -0.313. The average Bonchev–Trinajstić information content (AvgIpc) is 2.82. The summed E-state index contributed by atoms with van der Waals surface area (Å²) in [6.07, 6.45) is -0.134. The molecule has 2 aromatic rings. The van der Waals surface area contributed by atoms with Gasteiger partial charge in [-0.1, -0.05) is 57.2 Å². The number of para-hydroxylation sites is 2. The molecule has 5 heteroatoms. The molecule has 5 nitrogen and oxygen atoms in total. The van der Waals surface area contributed by atoms with Crippen LogP contribution in [-0.4, -0.2) is 17.6 Å². The Morgan fingerprint density at radius 1 is 0.966 bits per heavy atom. The minimum Gasteiger partial charge on any atom is -0.443 e. The van der Waals surface area contributed by atoms with Crippen LogP contribution in [0.2, 0.25) is 0 Å². The number of carbonyl (C=O) groups is 2. The van der Waals surface area contributed by atoms with Gasteiger partial charge in [0, 0.05) is 11.3 Å². The molecule has 0 fully saturated rings. The Bertz CT molecular complexity index is 910. The highest BCUT2D eigenvalue weighted by molar-refractivity contribution is 6.22. The number of hydrogen-bond donors (Lipinski definition) is 1. The zero-order chi connectivity index (χ0) is 21.4. The van der Waals surface area contributed by atoms with Crippen molar-refractivity contribution in [1.82, 2.24) is 0 Å². The van der Waals surface area contributed by atoms with E-state index in [2.05, 4.69) is 26.1 Å². The number of carbonyl (C=O) groups excluding carboxylic acids is 2. The van der Waals surface area contributed by atoms with E-state index in [4.69, 9.17) is 4.74 Å². The van der Waals surface area contributed by atoms with Crippen LogP contribution in [0.5, 0.6) is 0 Å². The summed E-state index contributed by atoms with van der Waals surface area (Å²) in [5, 5.41) is 3.47. The standard InChI is InChI=1S/C24H30N2O3/c1-22(2,3)16-24(25-17-12-8-7-9-13-17)18-14-10-11-15-19(18)26(20(24)27)21(28)29-23(4,5)6/h7-15,25H,16H2,1-6H3/t24-/m1/s1. The molecule has 0 saturated heterocycles. The monoisotopic (exact) mass is 394 g/mol. The predicted molar refractivity (Wildman–Crippen MR) is 116 cm³/mol. The van der Waals surface area contributed by atoms with Gasteiger partial charge in [0.1, 0.15) is 11.1 Å². The van der Waals surface area contributed by atoms with Gasteiger partial charge in [-0.05, 0) is 50.8 Å². The summed E-state index contributed by atoms with van der Waals surface area (Å²) in [5.41, 5.74) is 0.246. The van der Waals surface area contributed by atoms with E-state index in [1.54, 1.807) is 26.8 Å². The Morgan fingerprint density at radius 2 is 1.55 bits per heavy atom. The van der Waals surface area contributed by atoms with E-state index in [1.807, 2.05) is 48.5 Å². The van der Waals surface area contributed by atoms with Crippen molar-refractivity contribution in [2.45, 2.75) is 59.1 Å². The third kappa shape index (κ3) is 4.29. The van der Waals surface area contributed by atoms with Gasteiger partial charge in [-0.25, -0.2) is 9.69 Å². The molecule has 0 unspecified atom stereocenters. The molecule has 0 radical (unpaired) electrons. The number of fused-ring (bicyclic) bond motifs is 1. The number of hydrogen-bond acceptors (Lipinski definition) is 4. The van der Waals surface area contributed by atoms with Crippen molar-refractivity contribution in [2.24, 2.45) is 5.41 Å². The Labute approximate surface area is 173 Å². The molecule has 154 valence electrons. The third-order valence-corrected chi connectivity index (χ3v) is 4.68. The van der Waals surface area contributed by atoms with Crippen molar-refractivity contribution in [1.29, 1.82) is 0 Å². The van der Waals surface area contributed by atoms with Crippen molar-refractivity contribution in [3.05, 3.63) is 60.2 Å². The van der Waals surface area contributed by atoms with Crippen molar-refractivity contribution < 1.29 is 14.3 Å². The maximum atomic E-state index is 13.9. The van der Waals surface area contributed by atoms with Crippen molar-refractivity contribution in [3.63, 3.8) is 0 Å². The van der Waals surface area contributed by atoms with Crippen LogP contribution in [0.15, 0.2) is 54.6 Å². The molecule has 1 heterocycles. The van der Waals surface area contributed by atoms with Gasteiger partial charge in [-0.3, -0.25) is 4.79 Å². The molecular weight excluding hydrogens is 364 g/mol.